The van der Waals surface area contributed by atoms with Gasteiger partial charge in [-0.15, -0.1) is 11.8 Å². The lowest BCUT2D eigenvalue weighted by Crippen LogP contribution is -2.69. The molecule has 0 radical (unpaired) electrons. The standard InChI is InChI=1S/C40H40N4O9S/c1-19-13-23-14-25-26(15-41)44-27-16-50-40(48)24(42-28(46)12-11-22-9-7-6-8-10-22)17-54-39(33(44)32(43(25)4)29(23)34(47)35(19)49-5)31-30(27)38-37(51-18-52-38)20(2)36(31)53-21(3)45/h6-13,24-27,32-33,39,47H,14,16-18H2,1-5H3,(H,42,46)/t24-,25-,26-,27-,32+,33?,39+/m0/s1. The van der Waals surface area contributed by atoms with Crippen molar-refractivity contribution in [1.82, 2.24) is 15.1 Å². The topological polar surface area (TPSA) is 160 Å². The van der Waals surface area contributed by atoms with Gasteiger partial charge in [0, 0.05) is 53.1 Å². The highest BCUT2D eigenvalue weighted by Crippen LogP contribution is 2.64. The number of amides is 1. The molecule has 2 N–H and O–H groups in total. The van der Waals surface area contributed by atoms with Gasteiger partial charge in [-0.25, -0.2) is 4.79 Å². The van der Waals surface area contributed by atoms with E-state index in [0.717, 1.165) is 16.7 Å². The molecule has 3 aromatic rings. The molecule has 2 saturated heterocycles. The number of benzene rings is 3. The molecular weight excluding hydrogens is 713 g/mol. The molecule has 3 aromatic carbocycles. The molecule has 280 valence electrons. The first-order chi connectivity index (χ1) is 26.0. The van der Waals surface area contributed by atoms with Crippen LogP contribution in [-0.2, 0) is 25.5 Å². The summed E-state index contributed by atoms with van der Waals surface area (Å²) >= 11 is 1.38. The van der Waals surface area contributed by atoms with Crippen LogP contribution in [0.2, 0.25) is 0 Å². The number of phenols is 1. The number of fused-ring (bicyclic) bond motifs is 10. The number of ether oxygens (including phenoxy) is 5. The molecule has 0 aliphatic carbocycles. The predicted molar refractivity (Wildman–Crippen MR) is 197 cm³/mol. The molecule has 14 heteroatoms. The first-order valence-corrected chi connectivity index (χ1v) is 18.8. The van der Waals surface area contributed by atoms with Crippen molar-refractivity contribution in [2.45, 2.75) is 68.7 Å². The number of thioether (sulfide) groups is 1. The summed E-state index contributed by atoms with van der Waals surface area (Å²) in [6, 6.07) is 10.1. The number of nitriles is 1. The van der Waals surface area contributed by atoms with Gasteiger partial charge < -0.3 is 34.1 Å². The van der Waals surface area contributed by atoms with E-state index in [1.807, 2.05) is 50.4 Å². The van der Waals surface area contributed by atoms with Crippen LogP contribution in [0, 0.1) is 25.2 Å². The third-order valence-electron chi connectivity index (χ3n) is 11.2. The first-order valence-electron chi connectivity index (χ1n) is 17.8. The Morgan fingerprint density at radius 2 is 1.85 bits per heavy atom. The molecular formula is C40H40N4O9S. The summed E-state index contributed by atoms with van der Waals surface area (Å²) in [5.41, 5.74) is 5.06. The fourth-order valence-electron chi connectivity index (χ4n) is 9.02. The van der Waals surface area contributed by atoms with E-state index in [2.05, 4.69) is 21.2 Å². The number of rotatable bonds is 5. The van der Waals surface area contributed by atoms with Gasteiger partial charge >= 0.3 is 11.9 Å². The van der Waals surface area contributed by atoms with Gasteiger partial charge in [0.2, 0.25) is 12.7 Å². The Morgan fingerprint density at radius 3 is 2.57 bits per heavy atom. The zero-order valence-corrected chi connectivity index (χ0v) is 31.3. The zero-order valence-electron chi connectivity index (χ0n) is 30.5. The molecule has 6 heterocycles. The highest BCUT2D eigenvalue weighted by molar-refractivity contribution is 7.99. The number of piperazine rings is 1. The van der Waals surface area contributed by atoms with Crippen molar-refractivity contribution in [3.63, 3.8) is 0 Å². The molecule has 9 rings (SSSR count). The van der Waals surface area contributed by atoms with E-state index < -0.39 is 53.3 Å². The van der Waals surface area contributed by atoms with Crippen LogP contribution >= 0.6 is 11.8 Å². The fraction of sp³-hybridized carbons (Fsp3) is 0.400. The number of hydrogen-bond acceptors (Lipinski definition) is 13. The van der Waals surface area contributed by atoms with Crippen LogP contribution in [0.15, 0.2) is 42.5 Å². The number of phenolic OH excluding ortho intramolecular Hbond substituents is 1. The van der Waals surface area contributed by atoms with E-state index in [4.69, 9.17) is 23.7 Å². The normalized spacial score (nSPS) is 26.9. The Bertz CT molecular complexity index is 2140. The molecule has 1 unspecified atom stereocenters. The molecule has 0 spiro atoms. The number of aryl methyl sites for hydroxylation is 1. The second-order valence-corrected chi connectivity index (χ2v) is 15.4. The second kappa shape index (κ2) is 13.9. The van der Waals surface area contributed by atoms with Crippen LogP contribution in [0.1, 0.15) is 63.2 Å². The van der Waals surface area contributed by atoms with Crippen molar-refractivity contribution in [3.8, 4) is 34.8 Å². The molecule has 54 heavy (non-hydrogen) atoms. The van der Waals surface area contributed by atoms with E-state index in [0.29, 0.717) is 51.7 Å². The highest BCUT2D eigenvalue weighted by atomic mass is 32.2. The van der Waals surface area contributed by atoms with Crippen LogP contribution in [0.5, 0.6) is 28.7 Å². The number of carbonyl (C=O) groups excluding carboxylic acids is 3. The quantitative estimate of drug-likeness (QED) is 0.214. The molecule has 1 amide bonds. The maximum atomic E-state index is 13.9. The van der Waals surface area contributed by atoms with Crippen molar-refractivity contribution < 1.29 is 43.2 Å². The van der Waals surface area contributed by atoms with E-state index >= 15 is 0 Å². The van der Waals surface area contributed by atoms with Gasteiger partial charge in [0.1, 0.15) is 24.4 Å². The van der Waals surface area contributed by atoms with Gasteiger partial charge in [0.15, 0.2) is 23.0 Å². The van der Waals surface area contributed by atoms with Gasteiger partial charge in [-0.1, -0.05) is 36.4 Å². The number of nitrogens with one attached hydrogen (secondary N) is 1. The average molecular weight is 753 g/mol. The molecule has 6 aliphatic rings. The summed E-state index contributed by atoms with van der Waals surface area (Å²) in [7, 11) is 3.48. The second-order valence-electron chi connectivity index (χ2n) is 14.2. The van der Waals surface area contributed by atoms with Crippen LogP contribution in [0.3, 0.4) is 0 Å². The maximum absolute atomic E-state index is 13.9. The van der Waals surface area contributed by atoms with Gasteiger partial charge in [-0.05, 0) is 50.1 Å². The maximum Gasteiger partial charge on any atom is 0.329 e. The zero-order chi connectivity index (χ0) is 38.0. The number of methoxy groups -OCH3 is 1. The number of carbonyl (C=O) groups is 3. The Labute approximate surface area is 316 Å². The Hall–Kier alpha value is -5.23. The minimum atomic E-state index is -1.04. The molecule has 2 fully saturated rings. The SMILES string of the molecule is COc1c(C)cc2c(c1O)[C@@H]1C3[C@@H]4SC[C@H](NC(=O)C=Cc5ccccc5)C(=O)OC[C@@H](c5c6c(c(C)c(OC(C)=O)c54)OCO6)N3[C@@H](C#N)[C@H](C2)N1C. The number of hydrogen-bond donors (Lipinski definition) is 2. The van der Waals surface area contributed by atoms with E-state index in [-0.39, 0.29) is 30.9 Å². The third-order valence-corrected chi connectivity index (χ3v) is 12.6. The minimum absolute atomic E-state index is 0.0280. The lowest BCUT2D eigenvalue weighted by molar-refractivity contribution is -0.152. The summed E-state index contributed by atoms with van der Waals surface area (Å²) in [5.74, 6) is 0.0135. The number of nitrogens with zero attached hydrogens (tertiary/aromatic N) is 3. The number of aromatic hydroxyl groups is 1. The molecule has 0 saturated carbocycles. The summed E-state index contributed by atoms with van der Waals surface area (Å²) in [4.78, 5) is 44.2. The third kappa shape index (κ3) is 5.64. The summed E-state index contributed by atoms with van der Waals surface area (Å²) in [5, 5.41) is 25.2. The van der Waals surface area contributed by atoms with Gasteiger partial charge in [0.25, 0.3) is 0 Å². The molecule has 13 nitrogen and oxygen atoms in total. The van der Waals surface area contributed by atoms with Crippen molar-refractivity contribution in [1.29, 1.82) is 5.26 Å². The molecule has 4 bridgehead atoms. The van der Waals surface area contributed by atoms with Crippen molar-refractivity contribution in [2.75, 3.05) is 33.3 Å². The summed E-state index contributed by atoms with van der Waals surface area (Å²) in [6.07, 6.45) is 3.53. The van der Waals surface area contributed by atoms with Crippen molar-refractivity contribution in [3.05, 3.63) is 81.4 Å². The highest BCUT2D eigenvalue weighted by Gasteiger charge is 2.60. The monoisotopic (exact) mass is 752 g/mol. The van der Waals surface area contributed by atoms with Gasteiger partial charge in [0.05, 0.1) is 30.5 Å². The first kappa shape index (κ1) is 35.8. The Balaban J connectivity index is 1.32. The smallest absolute Gasteiger partial charge is 0.329 e. The van der Waals surface area contributed by atoms with E-state index in [9.17, 15) is 24.8 Å². The van der Waals surface area contributed by atoms with Crippen molar-refractivity contribution in [2.24, 2.45) is 0 Å². The van der Waals surface area contributed by atoms with Crippen LogP contribution in [0.4, 0.5) is 0 Å². The summed E-state index contributed by atoms with van der Waals surface area (Å²) in [6.45, 7) is 4.74. The Morgan fingerprint density at radius 1 is 1.09 bits per heavy atom. The Kier molecular flexibility index (Phi) is 9.20. The largest absolute Gasteiger partial charge is 0.504 e. The number of esters is 2. The lowest BCUT2D eigenvalue weighted by atomic mass is 9.71. The van der Waals surface area contributed by atoms with Crippen molar-refractivity contribution >= 4 is 35.7 Å². The van der Waals surface area contributed by atoms with E-state index in [1.165, 1.54) is 31.9 Å². The lowest BCUT2D eigenvalue weighted by Gasteiger charge is -2.61. The van der Waals surface area contributed by atoms with Gasteiger partial charge in [-0.2, -0.15) is 5.26 Å². The van der Waals surface area contributed by atoms with Gasteiger partial charge in [-0.3, -0.25) is 19.4 Å². The predicted octanol–water partition coefficient (Wildman–Crippen LogP) is 4.43. The average Bonchev–Trinajstić information content (AvgIpc) is 3.64. The molecule has 7 atom stereocenters. The van der Waals surface area contributed by atoms with Crippen LogP contribution in [-0.4, -0.2) is 90.2 Å². The summed E-state index contributed by atoms with van der Waals surface area (Å²) < 4.78 is 29.9. The molecule has 0 aromatic heterocycles. The van der Waals surface area contributed by atoms with E-state index in [1.54, 1.807) is 13.0 Å². The van der Waals surface area contributed by atoms with Crippen LogP contribution in [0.25, 0.3) is 6.08 Å². The van der Waals surface area contributed by atoms with Crippen LogP contribution < -0.4 is 24.3 Å². The fourth-order valence-corrected chi connectivity index (χ4v) is 10.5. The molecule has 6 aliphatic heterocycles. The number of likely N-dealkylation sites (N-methyl/N-ethyl adjacent to an activating group) is 1. The minimum Gasteiger partial charge on any atom is -0.504 e.